The average Bonchev–Trinajstić information content (AvgIpc) is 2.46. The van der Waals surface area contributed by atoms with Crippen molar-refractivity contribution in [2.24, 2.45) is 0 Å². The van der Waals surface area contributed by atoms with Gasteiger partial charge in [-0.1, -0.05) is 11.6 Å². The highest BCUT2D eigenvalue weighted by atomic mass is 35.5. The minimum absolute atomic E-state index is 0.445. The van der Waals surface area contributed by atoms with Gasteiger partial charge in [0.25, 0.3) is 0 Å². The summed E-state index contributed by atoms with van der Waals surface area (Å²) in [4.78, 5) is 0. The predicted octanol–water partition coefficient (Wildman–Crippen LogP) is 3.69. The van der Waals surface area contributed by atoms with Gasteiger partial charge >= 0.3 is 0 Å². The van der Waals surface area contributed by atoms with E-state index in [9.17, 15) is 0 Å². The standard InChI is InChI=1S/C8H5Cl2NS/c9-4-7-6-3-5(10)1-2-8(6)12-11-7/h1-3H,4H2. The number of aromatic nitrogens is 1. The van der Waals surface area contributed by atoms with Crippen LogP contribution in [0.15, 0.2) is 18.2 Å². The van der Waals surface area contributed by atoms with Gasteiger partial charge < -0.3 is 0 Å². The maximum Gasteiger partial charge on any atom is 0.0768 e. The first-order valence-electron chi connectivity index (χ1n) is 3.41. The van der Waals surface area contributed by atoms with E-state index in [1.807, 2.05) is 18.2 Å². The fourth-order valence-electron chi connectivity index (χ4n) is 1.06. The minimum atomic E-state index is 0.445. The summed E-state index contributed by atoms with van der Waals surface area (Å²) in [6.45, 7) is 0. The van der Waals surface area contributed by atoms with E-state index in [2.05, 4.69) is 4.37 Å². The van der Waals surface area contributed by atoms with Crippen LogP contribution in [0, 0.1) is 0 Å². The summed E-state index contributed by atoms with van der Waals surface area (Å²) < 4.78 is 5.34. The number of hydrogen-bond acceptors (Lipinski definition) is 2. The lowest BCUT2D eigenvalue weighted by Gasteiger charge is -1.91. The van der Waals surface area contributed by atoms with Crippen molar-refractivity contribution in [3.63, 3.8) is 0 Å². The first kappa shape index (κ1) is 8.30. The third-order valence-electron chi connectivity index (χ3n) is 1.63. The lowest BCUT2D eigenvalue weighted by atomic mass is 10.2. The van der Waals surface area contributed by atoms with Crippen LogP contribution in [-0.2, 0) is 5.88 Å². The Morgan fingerprint density at radius 2 is 2.25 bits per heavy atom. The maximum absolute atomic E-state index is 5.84. The van der Waals surface area contributed by atoms with Crippen molar-refractivity contribution in [3.05, 3.63) is 28.9 Å². The van der Waals surface area contributed by atoms with Crippen LogP contribution in [0.5, 0.6) is 0 Å². The van der Waals surface area contributed by atoms with Gasteiger partial charge in [-0.15, -0.1) is 11.6 Å². The van der Waals surface area contributed by atoms with Gasteiger partial charge in [-0.3, -0.25) is 0 Å². The quantitative estimate of drug-likeness (QED) is 0.665. The van der Waals surface area contributed by atoms with Crippen molar-refractivity contribution in [2.45, 2.75) is 5.88 Å². The topological polar surface area (TPSA) is 12.9 Å². The van der Waals surface area contributed by atoms with Gasteiger partial charge in [0.1, 0.15) is 0 Å². The Morgan fingerprint density at radius 3 is 3.00 bits per heavy atom. The molecule has 0 unspecified atom stereocenters. The highest BCUT2D eigenvalue weighted by Crippen LogP contribution is 2.26. The Labute approximate surface area is 84.1 Å². The zero-order chi connectivity index (χ0) is 8.55. The highest BCUT2D eigenvalue weighted by Gasteiger charge is 2.04. The molecule has 1 nitrogen and oxygen atoms in total. The van der Waals surface area contributed by atoms with E-state index >= 15 is 0 Å². The average molecular weight is 218 g/mol. The molecule has 4 heteroatoms. The van der Waals surface area contributed by atoms with Crippen LogP contribution >= 0.6 is 34.7 Å². The van der Waals surface area contributed by atoms with Crippen LogP contribution in [-0.4, -0.2) is 4.37 Å². The molecule has 0 N–H and O–H groups in total. The molecular formula is C8H5Cl2NS. The van der Waals surface area contributed by atoms with Gasteiger partial charge in [-0.2, -0.15) is 4.37 Å². The van der Waals surface area contributed by atoms with Crippen LogP contribution in [0.3, 0.4) is 0 Å². The molecule has 0 saturated heterocycles. The number of halogens is 2. The molecule has 0 saturated carbocycles. The van der Waals surface area contributed by atoms with Gasteiger partial charge in [-0.05, 0) is 29.7 Å². The normalized spacial score (nSPS) is 10.8. The molecule has 12 heavy (non-hydrogen) atoms. The van der Waals surface area contributed by atoms with E-state index in [1.54, 1.807) is 0 Å². The predicted molar refractivity (Wildman–Crippen MR) is 54.2 cm³/mol. The number of benzene rings is 1. The molecule has 2 aromatic rings. The van der Waals surface area contributed by atoms with Crippen LogP contribution in [0.4, 0.5) is 0 Å². The molecule has 0 radical (unpaired) electrons. The van der Waals surface area contributed by atoms with Crippen molar-refractivity contribution >= 4 is 44.8 Å². The molecular weight excluding hydrogens is 213 g/mol. The Kier molecular flexibility index (Phi) is 2.22. The van der Waals surface area contributed by atoms with Crippen molar-refractivity contribution in [3.8, 4) is 0 Å². The van der Waals surface area contributed by atoms with Gasteiger partial charge in [0.05, 0.1) is 16.3 Å². The summed E-state index contributed by atoms with van der Waals surface area (Å²) in [6.07, 6.45) is 0. The molecule has 0 bridgehead atoms. The van der Waals surface area contributed by atoms with E-state index < -0.39 is 0 Å². The van der Waals surface area contributed by atoms with Gasteiger partial charge in [0.15, 0.2) is 0 Å². The first-order chi connectivity index (χ1) is 5.81. The molecule has 0 fully saturated rings. The number of alkyl halides is 1. The Hall–Kier alpha value is -0.310. The zero-order valence-corrected chi connectivity index (χ0v) is 8.38. The molecule has 0 aliphatic carbocycles. The molecule has 0 aliphatic rings. The van der Waals surface area contributed by atoms with E-state index in [4.69, 9.17) is 23.2 Å². The smallest absolute Gasteiger partial charge is 0.0768 e. The molecule has 1 aromatic carbocycles. The molecule has 0 atom stereocenters. The molecule has 1 aromatic heterocycles. The third kappa shape index (κ3) is 1.30. The van der Waals surface area contributed by atoms with Gasteiger partial charge in [0, 0.05) is 10.4 Å². The van der Waals surface area contributed by atoms with Crippen molar-refractivity contribution in [1.82, 2.24) is 4.37 Å². The van der Waals surface area contributed by atoms with Crippen molar-refractivity contribution < 1.29 is 0 Å². The molecule has 2 rings (SSSR count). The number of nitrogens with zero attached hydrogens (tertiary/aromatic N) is 1. The van der Waals surface area contributed by atoms with Crippen molar-refractivity contribution in [1.29, 1.82) is 0 Å². The minimum Gasteiger partial charge on any atom is -0.195 e. The van der Waals surface area contributed by atoms with Gasteiger partial charge in [-0.25, -0.2) is 0 Å². The second kappa shape index (κ2) is 3.21. The summed E-state index contributed by atoms with van der Waals surface area (Å²) in [7, 11) is 0. The third-order valence-corrected chi connectivity index (χ3v) is 2.99. The largest absolute Gasteiger partial charge is 0.195 e. The summed E-state index contributed by atoms with van der Waals surface area (Å²) >= 11 is 13.0. The van der Waals surface area contributed by atoms with E-state index in [0.717, 1.165) is 20.8 Å². The summed E-state index contributed by atoms with van der Waals surface area (Å²) in [5.41, 5.74) is 0.916. The number of hydrogen-bond donors (Lipinski definition) is 0. The molecule has 62 valence electrons. The van der Waals surface area contributed by atoms with E-state index in [0.29, 0.717) is 5.88 Å². The summed E-state index contributed by atoms with van der Waals surface area (Å²) in [5.74, 6) is 0.445. The lowest BCUT2D eigenvalue weighted by Crippen LogP contribution is -1.75. The molecule has 1 heterocycles. The SMILES string of the molecule is ClCc1nsc2ccc(Cl)cc12. The van der Waals surface area contributed by atoms with Crippen LogP contribution < -0.4 is 0 Å². The molecule has 0 amide bonds. The Morgan fingerprint density at radius 1 is 1.42 bits per heavy atom. The maximum atomic E-state index is 5.84. The monoisotopic (exact) mass is 217 g/mol. The van der Waals surface area contributed by atoms with E-state index in [-0.39, 0.29) is 0 Å². The number of fused-ring (bicyclic) bond motifs is 1. The summed E-state index contributed by atoms with van der Waals surface area (Å²) in [5, 5.41) is 1.80. The first-order valence-corrected chi connectivity index (χ1v) is 5.09. The number of rotatable bonds is 1. The van der Waals surface area contributed by atoms with Crippen molar-refractivity contribution in [2.75, 3.05) is 0 Å². The Bertz CT molecular complexity index is 410. The molecule has 0 aliphatic heterocycles. The Balaban J connectivity index is 2.75. The van der Waals surface area contributed by atoms with Crippen LogP contribution in [0.25, 0.3) is 10.1 Å². The second-order valence-corrected chi connectivity index (χ2v) is 3.91. The lowest BCUT2D eigenvalue weighted by molar-refractivity contribution is 1.32. The van der Waals surface area contributed by atoms with Gasteiger partial charge in [0.2, 0.25) is 0 Å². The second-order valence-electron chi connectivity index (χ2n) is 2.40. The van der Waals surface area contributed by atoms with Crippen LogP contribution in [0.2, 0.25) is 5.02 Å². The molecule has 0 spiro atoms. The fraction of sp³-hybridized carbons (Fsp3) is 0.125. The van der Waals surface area contributed by atoms with Crippen LogP contribution in [0.1, 0.15) is 5.69 Å². The highest BCUT2D eigenvalue weighted by molar-refractivity contribution is 7.13. The zero-order valence-electron chi connectivity index (χ0n) is 6.05. The summed E-state index contributed by atoms with van der Waals surface area (Å²) in [6, 6.07) is 5.73. The fourth-order valence-corrected chi connectivity index (χ4v) is 2.28. The van der Waals surface area contributed by atoms with E-state index in [1.165, 1.54) is 11.5 Å².